The molecule has 1 aliphatic rings. The minimum absolute atomic E-state index is 0.0547. The summed E-state index contributed by atoms with van der Waals surface area (Å²) in [5.41, 5.74) is 7.68. The normalized spacial score (nSPS) is 14.2. The SMILES string of the molecule is Cn1cc(N)cc1C(=O)N(Cc1cccc(F)c1)C1CC1. The molecule has 1 heterocycles. The van der Waals surface area contributed by atoms with Crippen molar-refractivity contribution >= 4 is 11.6 Å². The van der Waals surface area contributed by atoms with Gasteiger partial charge in [-0.3, -0.25) is 4.79 Å². The van der Waals surface area contributed by atoms with E-state index in [1.54, 1.807) is 29.9 Å². The predicted octanol–water partition coefficient (Wildman–Crippen LogP) is 2.55. The fraction of sp³-hybridized carbons (Fsp3) is 0.312. The van der Waals surface area contributed by atoms with E-state index in [1.165, 1.54) is 12.1 Å². The summed E-state index contributed by atoms with van der Waals surface area (Å²) in [6.45, 7) is 0.423. The van der Waals surface area contributed by atoms with Gasteiger partial charge in [0.05, 0.1) is 5.69 Å². The van der Waals surface area contributed by atoms with Crippen molar-refractivity contribution in [2.24, 2.45) is 7.05 Å². The van der Waals surface area contributed by atoms with Crippen LogP contribution in [0, 0.1) is 5.82 Å². The zero-order valence-corrected chi connectivity index (χ0v) is 11.9. The third-order valence-corrected chi connectivity index (χ3v) is 3.74. The van der Waals surface area contributed by atoms with E-state index in [2.05, 4.69) is 0 Å². The van der Waals surface area contributed by atoms with Gasteiger partial charge in [0.2, 0.25) is 0 Å². The number of carbonyl (C=O) groups excluding carboxylic acids is 1. The topological polar surface area (TPSA) is 51.3 Å². The molecule has 2 aromatic rings. The van der Waals surface area contributed by atoms with Crippen LogP contribution in [0.3, 0.4) is 0 Å². The number of aryl methyl sites for hydroxylation is 1. The van der Waals surface area contributed by atoms with Gasteiger partial charge >= 0.3 is 0 Å². The molecule has 1 fully saturated rings. The summed E-state index contributed by atoms with van der Waals surface area (Å²) in [6.07, 6.45) is 3.72. The average Bonchev–Trinajstić information content (AvgIpc) is 3.21. The lowest BCUT2D eigenvalue weighted by atomic mass is 10.2. The number of halogens is 1. The highest BCUT2D eigenvalue weighted by atomic mass is 19.1. The van der Waals surface area contributed by atoms with E-state index >= 15 is 0 Å². The number of carbonyl (C=O) groups is 1. The molecule has 0 saturated heterocycles. The fourth-order valence-corrected chi connectivity index (χ4v) is 2.53. The number of aromatic nitrogens is 1. The van der Waals surface area contributed by atoms with E-state index in [1.807, 2.05) is 11.0 Å². The Bertz CT molecular complexity index is 676. The van der Waals surface area contributed by atoms with Crippen molar-refractivity contribution in [1.29, 1.82) is 0 Å². The molecule has 0 radical (unpaired) electrons. The number of anilines is 1. The standard InChI is InChI=1S/C16H18FN3O/c1-19-10-13(18)8-15(19)16(21)20(14-5-6-14)9-11-3-2-4-12(17)7-11/h2-4,7-8,10,14H,5-6,9,18H2,1H3. The Morgan fingerprint density at radius 3 is 2.76 bits per heavy atom. The molecule has 21 heavy (non-hydrogen) atoms. The maximum Gasteiger partial charge on any atom is 0.271 e. The number of nitrogens with two attached hydrogens (primary N) is 1. The lowest BCUT2D eigenvalue weighted by molar-refractivity contribution is 0.0720. The van der Waals surface area contributed by atoms with E-state index in [9.17, 15) is 9.18 Å². The Hall–Kier alpha value is -2.30. The molecule has 1 saturated carbocycles. The Morgan fingerprint density at radius 1 is 1.43 bits per heavy atom. The first kappa shape index (κ1) is 13.7. The van der Waals surface area contributed by atoms with Crippen molar-refractivity contribution in [2.45, 2.75) is 25.4 Å². The van der Waals surface area contributed by atoms with Crippen molar-refractivity contribution in [3.8, 4) is 0 Å². The Balaban J connectivity index is 1.85. The number of hydrogen-bond donors (Lipinski definition) is 1. The number of nitrogen functional groups attached to an aromatic ring is 1. The number of hydrogen-bond acceptors (Lipinski definition) is 2. The van der Waals surface area contributed by atoms with Crippen LogP contribution < -0.4 is 5.73 Å². The second-order valence-electron chi connectivity index (χ2n) is 5.56. The van der Waals surface area contributed by atoms with Crippen molar-refractivity contribution in [2.75, 3.05) is 5.73 Å². The van der Waals surface area contributed by atoms with Crippen LogP contribution in [0.25, 0.3) is 0 Å². The van der Waals surface area contributed by atoms with Crippen LogP contribution in [-0.2, 0) is 13.6 Å². The highest BCUT2D eigenvalue weighted by Crippen LogP contribution is 2.30. The molecule has 0 aliphatic heterocycles. The highest BCUT2D eigenvalue weighted by Gasteiger charge is 2.34. The number of rotatable bonds is 4. The lowest BCUT2D eigenvalue weighted by Crippen LogP contribution is -2.33. The van der Waals surface area contributed by atoms with E-state index in [0.717, 1.165) is 18.4 Å². The van der Waals surface area contributed by atoms with Crippen molar-refractivity contribution < 1.29 is 9.18 Å². The smallest absolute Gasteiger partial charge is 0.271 e. The maximum absolute atomic E-state index is 13.3. The van der Waals surface area contributed by atoms with Gasteiger partial charge in [-0.05, 0) is 36.6 Å². The summed E-state index contributed by atoms with van der Waals surface area (Å²) in [5.74, 6) is -0.334. The van der Waals surface area contributed by atoms with Gasteiger partial charge in [-0.1, -0.05) is 12.1 Å². The van der Waals surface area contributed by atoms with Gasteiger partial charge in [-0.2, -0.15) is 0 Å². The molecule has 1 aromatic carbocycles. The minimum atomic E-state index is -0.279. The Morgan fingerprint density at radius 2 is 2.19 bits per heavy atom. The molecule has 4 nitrogen and oxygen atoms in total. The highest BCUT2D eigenvalue weighted by molar-refractivity contribution is 5.94. The van der Waals surface area contributed by atoms with Crippen molar-refractivity contribution in [1.82, 2.24) is 9.47 Å². The summed E-state index contributed by atoms with van der Waals surface area (Å²) in [4.78, 5) is 14.5. The first-order valence-electron chi connectivity index (χ1n) is 7.02. The quantitative estimate of drug-likeness (QED) is 0.939. The average molecular weight is 287 g/mol. The summed E-state index contributed by atoms with van der Waals surface area (Å²) in [5, 5.41) is 0. The summed E-state index contributed by atoms with van der Waals surface area (Å²) in [7, 11) is 1.80. The number of amides is 1. The van der Waals surface area contributed by atoms with Gasteiger partial charge in [0, 0.05) is 25.8 Å². The van der Waals surface area contributed by atoms with Gasteiger partial charge in [0.25, 0.3) is 5.91 Å². The predicted molar refractivity (Wildman–Crippen MR) is 79.1 cm³/mol. The van der Waals surface area contributed by atoms with E-state index in [4.69, 9.17) is 5.73 Å². The molecule has 1 amide bonds. The summed E-state index contributed by atoms with van der Waals surface area (Å²) >= 11 is 0. The molecule has 5 heteroatoms. The van der Waals surface area contributed by atoms with Gasteiger partial charge in [-0.25, -0.2) is 4.39 Å². The van der Waals surface area contributed by atoms with Gasteiger partial charge < -0.3 is 15.2 Å². The van der Waals surface area contributed by atoms with E-state index in [-0.39, 0.29) is 17.8 Å². The van der Waals surface area contributed by atoms with Crippen LogP contribution >= 0.6 is 0 Å². The molecule has 0 bridgehead atoms. The first-order valence-corrected chi connectivity index (χ1v) is 7.02. The molecular weight excluding hydrogens is 269 g/mol. The van der Waals surface area contributed by atoms with Gasteiger partial charge in [-0.15, -0.1) is 0 Å². The van der Waals surface area contributed by atoms with Crippen molar-refractivity contribution in [3.05, 3.63) is 53.6 Å². The fourth-order valence-electron chi connectivity index (χ4n) is 2.53. The molecule has 110 valence electrons. The van der Waals surface area contributed by atoms with Crippen LogP contribution in [0.15, 0.2) is 36.5 Å². The monoisotopic (exact) mass is 287 g/mol. The maximum atomic E-state index is 13.3. The second kappa shape index (κ2) is 5.24. The Kier molecular flexibility index (Phi) is 3.41. The zero-order valence-electron chi connectivity index (χ0n) is 11.9. The van der Waals surface area contributed by atoms with Crippen LogP contribution in [0.2, 0.25) is 0 Å². The van der Waals surface area contributed by atoms with Crippen LogP contribution in [0.1, 0.15) is 28.9 Å². The number of benzene rings is 1. The molecule has 1 aliphatic carbocycles. The molecule has 3 rings (SSSR count). The molecule has 0 spiro atoms. The third-order valence-electron chi connectivity index (χ3n) is 3.74. The van der Waals surface area contributed by atoms with E-state index in [0.29, 0.717) is 17.9 Å². The molecular formula is C16H18FN3O. The largest absolute Gasteiger partial charge is 0.397 e. The van der Waals surface area contributed by atoms with Gasteiger partial charge in [0.1, 0.15) is 11.5 Å². The molecule has 0 unspecified atom stereocenters. The second-order valence-corrected chi connectivity index (χ2v) is 5.56. The van der Waals surface area contributed by atoms with Crippen molar-refractivity contribution in [3.63, 3.8) is 0 Å². The number of nitrogens with zero attached hydrogens (tertiary/aromatic N) is 2. The lowest BCUT2D eigenvalue weighted by Gasteiger charge is -2.22. The minimum Gasteiger partial charge on any atom is -0.397 e. The zero-order chi connectivity index (χ0) is 15.0. The molecule has 2 N–H and O–H groups in total. The van der Waals surface area contributed by atoms with Crippen LogP contribution in [0.5, 0.6) is 0 Å². The van der Waals surface area contributed by atoms with E-state index < -0.39 is 0 Å². The Labute approximate surface area is 123 Å². The third kappa shape index (κ3) is 2.91. The van der Waals surface area contributed by atoms with Crippen LogP contribution in [-0.4, -0.2) is 21.4 Å². The van der Waals surface area contributed by atoms with Gasteiger partial charge in [0.15, 0.2) is 0 Å². The molecule has 1 aromatic heterocycles. The molecule has 0 atom stereocenters. The summed E-state index contributed by atoms with van der Waals surface area (Å²) < 4.78 is 15.0. The first-order chi connectivity index (χ1) is 10.0. The summed E-state index contributed by atoms with van der Waals surface area (Å²) in [6, 6.07) is 8.32. The van der Waals surface area contributed by atoms with Crippen LogP contribution in [0.4, 0.5) is 10.1 Å².